The molecular formula is C25H20ClN3O. The third-order valence-electron chi connectivity index (χ3n) is 4.31. The van der Waals surface area contributed by atoms with Crippen LogP contribution in [-0.4, -0.2) is 9.97 Å². The van der Waals surface area contributed by atoms with Crippen LogP contribution in [0.4, 0.5) is 11.5 Å². The van der Waals surface area contributed by atoms with Crippen LogP contribution in [0.3, 0.4) is 0 Å². The average Bonchev–Trinajstić information content (AvgIpc) is 2.75. The van der Waals surface area contributed by atoms with Gasteiger partial charge in [-0.2, -0.15) is 0 Å². The molecule has 0 saturated heterocycles. The van der Waals surface area contributed by atoms with Crippen LogP contribution in [0.2, 0.25) is 5.02 Å². The molecule has 0 saturated carbocycles. The normalized spacial score (nSPS) is 10.5. The highest BCUT2D eigenvalue weighted by Gasteiger charge is 2.08. The van der Waals surface area contributed by atoms with Gasteiger partial charge in [-0.05, 0) is 48.5 Å². The monoisotopic (exact) mass is 413 g/mol. The zero-order chi connectivity index (χ0) is 20.9. The Kier molecular flexibility index (Phi) is 5.83. The van der Waals surface area contributed by atoms with Crippen molar-refractivity contribution in [1.29, 1.82) is 0 Å². The van der Waals surface area contributed by atoms with Gasteiger partial charge in [-0.15, -0.1) is 0 Å². The fourth-order valence-corrected chi connectivity index (χ4v) is 3.09. The molecule has 3 aromatic carbocycles. The van der Waals surface area contributed by atoms with Gasteiger partial charge in [0.05, 0.1) is 10.5 Å². The van der Waals surface area contributed by atoms with Crippen molar-refractivity contribution in [2.45, 2.75) is 13.8 Å². The van der Waals surface area contributed by atoms with Crippen LogP contribution in [0.15, 0.2) is 73.1 Å². The van der Waals surface area contributed by atoms with Crippen molar-refractivity contribution in [2.24, 2.45) is 5.92 Å². The maximum absolute atomic E-state index is 6.44. The Morgan fingerprint density at radius 3 is 2.57 bits per heavy atom. The molecule has 0 aliphatic heterocycles. The van der Waals surface area contributed by atoms with Crippen molar-refractivity contribution >= 4 is 34.0 Å². The van der Waals surface area contributed by atoms with Crippen LogP contribution in [0, 0.1) is 17.8 Å². The summed E-state index contributed by atoms with van der Waals surface area (Å²) in [5.41, 5.74) is 2.58. The van der Waals surface area contributed by atoms with Crippen molar-refractivity contribution in [2.75, 3.05) is 5.32 Å². The Hall–Kier alpha value is -3.55. The van der Waals surface area contributed by atoms with Gasteiger partial charge in [0.15, 0.2) is 0 Å². The van der Waals surface area contributed by atoms with Crippen LogP contribution in [0.5, 0.6) is 11.5 Å². The number of rotatable bonds is 4. The van der Waals surface area contributed by atoms with Crippen molar-refractivity contribution in [3.05, 3.63) is 83.6 Å². The molecule has 0 aliphatic rings. The second-order valence-corrected chi connectivity index (χ2v) is 7.47. The zero-order valence-corrected chi connectivity index (χ0v) is 17.4. The molecule has 0 atom stereocenters. The minimum Gasteiger partial charge on any atom is -0.456 e. The molecule has 1 N–H and O–H groups in total. The number of benzene rings is 3. The van der Waals surface area contributed by atoms with Crippen molar-refractivity contribution in [3.63, 3.8) is 0 Å². The molecule has 1 aromatic heterocycles. The first-order chi connectivity index (χ1) is 14.6. The van der Waals surface area contributed by atoms with E-state index >= 15 is 0 Å². The van der Waals surface area contributed by atoms with Crippen LogP contribution in [0.1, 0.15) is 19.4 Å². The van der Waals surface area contributed by atoms with Gasteiger partial charge in [-0.3, -0.25) is 0 Å². The molecule has 0 bridgehead atoms. The minimum atomic E-state index is 0.309. The van der Waals surface area contributed by atoms with E-state index in [-0.39, 0.29) is 0 Å². The number of nitrogens with zero attached hydrogens (tertiary/aromatic N) is 2. The van der Waals surface area contributed by atoms with Gasteiger partial charge in [-0.1, -0.05) is 55.5 Å². The summed E-state index contributed by atoms with van der Waals surface area (Å²) in [5.74, 6) is 8.71. The van der Waals surface area contributed by atoms with E-state index in [1.807, 2.05) is 66.7 Å². The number of hydrogen-bond acceptors (Lipinski definition) is 4. The molecule has 0 aliphatic carbocycles. The Labute approximate surface area is 180 Å². The molecule has 4 nitrogen and oxygen atoms in total. The lowest BCUT2D eigenvalue weighted by Gasteiger charge is -2.11. The summed E-state index contributed by atoms with van der Waals surface area (Å²) in [6, 6.07) is 21.0. The second kappa shape index (κ2) is 8.86. The molecule has 30 heavy (non-hydrogen) atoms. The Bertz CT molecular complexity index is 1240. The van der Waals surface area contributed by atoms with Crippen LogP contribution in [0.25, 0.3) is 10.9 Å². The molecule has 0 unspecified atom stereocenters. The molecule has 4 rings (SSSR count). The van der Waals surface area contributed by atoms with Crippen LogP contribution in [-0.2, 0) is 0 Å². The smallest absolute Gasteiger partial charge is 0.146 e. The lowest BCUT2D eigenvalue weighted by molar-refractivity contribution is 0.483. The van der Waals surface area contributed by atoms with E-state index in [0.29, 0.717) is 22.5 Å². The third-order valence-corrected chi connectivity index (χ3v) is 4.60. The molecular weight excluding hydrogens is 394 g/mol. The van der Waals surface area contributed by atoms with E-state index in [2.05, 4.69) is 41.0 Å². The summed E-state index contributed by atoms with van der Waals surface area (Å²) in [4.78, 5) is 8.77. The number of ether oxygens (including phenoxy) is 1. The number of halogens is 1. The number of fused-ring (bicyclic) bond motifs is 1. The van der Waals surface area contributed by atoms with Gasteiger partial charge in [0.25, 0.3) is 0 Å². The predicted molar refractivity (Wildman–Crippen MR) is 123 cm³/mol. The van der Waals surface area contributed by atoms with Crippen LogP contribution >= 0.6 is 11.6 Å². The second-order valence-electron chi connectivity index (χ2n) is 7.06. The number of para-hydroxylation sites is 1. The lowest BCUT2D eigenvalue weighted by atomic mass is 10.1. The third kappa shape index (κ3) is 4.71. The van der Waals surface area contributed by atoms with E-state index in [1.54, 1.807) is 6.33 Å². The fraction of sp³-hybridized carbons (Fsp3) is 0.120. The number of nitrogens with one attached hydrogen (secondary N) is 1. The van der Waals surface area contributed by atoms with Gasteiger partial charge >= 0.3 is 0 Å². The first-order valence-electron chi connectivity index (χ1n) is 9.64. The summed E-state index contributed by atoms with van der Waals surface area (Å²) in [6.07, 6.45) is 1.54. The highest BCUT2D eigenvalue weighted by atomic mass is 35.5. The average molecular weight is 414 g/mol. The van der Waals surface area contributed by atoms with Gasteiger partial charge in [0.2, 0.25) is 0 Å². The Morgan fingerprint density at radius 1 is 0.967 bits per heavy atom. The molecule has 0 spiro atoms. The highest BCUT2D eigenvalue weighted by molar-refractivity contribution is 6.32. The molecule has 0 fully saturated rings. The summed E-state index contributed by atoms with van der Waals surface area (Å²) in [7, 11) is 0. The van der Waals surface area contributed by atoms with E-state index in [4.69, 9.17) is 16.3 Å². The first-order valence-corrected chi connectivity index (χ1v) is 10.0. The summed E-state index contributed by atoms with van der Waals surface area (Å²) in [5, 5.41) is 4.73. The summed E-state index contributed by atoms with van der Waals surface area (Å²) < 4.78 is 5.85. The maximum Gasteiger partial charge on any atom is 0.146 e. The van der Waals surface area contributed by atoms with Crippen molar-refractivity contribution < 1.29 is 4.74 Å². The Balaban J connectivity index is 1.61. The van der Waals surface area contributed by atoms with Gasteiger partial charge in [-0.25, -0.2) is 9.97 Å². The molecule has 0 radical (unpaired) electrons. The summed E-state index contributed by atoms with van der Waals surface area (Å²) >= 11 is 6.44. The van der Waals surface area contributed by atoms with Crippen LogP contribution < -0.4 is 10.1 Å². The summed E-state index contributed by atoms with van der Waals surface area (Å²) in [6.45, 7) is 4.14. The molecule has 4 aromatic rings. The molecule has 0 amide bonds. The highest BCUT2D eigenvalue weighted by Crippen LogP contribution is 2.33. The molecule has 5 heteroatoms. The standard InChI is InChI=1S/C25H20ClN3O/c1-17(2)8-9-18-10-12-23-21(14-18)25(28-16-27-23)29-19-11-13-24(22(26)15-19)30-20-6-4-3-5-7-20/h3-7,10-17H,1-2H3,(H,27,28,29). The largest absolute Gasteiger partial charge is 0.456 e. The van der Waals surface area contributed by atoms with Gasteiger partial charge in [0, 0.05) is 22.6 Å². The minimum absolute atomic E-state index is 0.309. The number of hydrogen-bond donors (Lipinski definition) is 1. The fourth-order valence-electron chi connectivity index (χ4n) is 2.88. The predicted octanol–water partition coefficient (Wildman–Crippen LogP) is 6.83. The zero-order valence-electron chi connectivity index (χ0n) is 16.7. The molecule has 148 valence electrons. The lowest BCUT2D eigenvalue weighted by Crippen LogP contribution is -1.97. The topological polar surface area (TPSA) is 47.0 Å². The van der Waals surface area contributed by atoms with Gasteiger partial charge < -0.3 is 10.1 Å². The quantitative estimate of drug-likeness (QED) is 0.372. The van der Waals surface area contributed by atoms with E-state index in [0.717, 1.165) is 27.9 Å². The maximum atomic E-state index is 6.44. The first kappa shape index (κ1) is 19.8. The number of anilines is 2. The SMILES string of the molecule is CC(C)C#Cc1ccc2ncnc(Nc3ccc(Oc4ccccc4)c(Cl)c3)c2c1. The van der Waals surface area contributed by atoms with Crippen molar-refractivity contribution in [1.82, 2.24) is 9.97 Å². The van der Waals surface area contributed by atoms with Crippen molar-refractivity contribution in [3.8, 4) is 23.3 Å². The number of aromatic nitrogens is 2. The van der Waals surface area contributed by atoms with E-state index in [1.165, 1.54) is 0 Å². The Morgan fingerprint density at radius 2 is 1.80 bits per heavy atom. The van der Waals surface area contributed by atoms with E-state index in [9.17, 15) is 0 Å². The van der Waals surface area contributed by atoms with Gasteiger partial charge in [0.1, 0.15) is 23.6 Å². The van der Waals surface area contributed by atoms with E-state index < -0.39 is 0 Å². The molecule has 1 heterocycles.